The van der Waals surface area contributed by atoms with E-state index in [1.807, 2.05) is 0 Å². The zero-order valence-corrected chi connectivity index (χ0v) is 24.5. The van der Waals surface area contributed by atoms with Crippen molar-refractivity contribution < 1.29 is 31.1 Å². The highest BCUT2D eigenvalue weighted by atomic mass is 35.5. The number of hydrogen-bond acceptors (Lipinski definition) is 4. The molecule has 4 radical (unpaired) electrons. The molecule has 0 bridgehead atoms. The predicted molar refractivity (Wildman–Crippen MR) is 163 cm³/mol. The first-order valence-corrected chi connectivity index (χ1v) is 14.1. The van der Waals surface area contributed by atoms with Gasteiger partial charge in [-0.1, -0.05) is 31.7 Å². The van der Waals surface area contributed by atoms with E-state index >= 15 is 4.39 Å². The predicted octanol–water partition coefficient (Wildman–Crippen LogP) is 7.16. The van der Waals surface area contributed by atoms with E-state index < -0.39 is 51.9 Å². The Hall–Kier alpha value is -3.99. The summed E-state index contributed by atoms with van der Waals surface area (Å²) in [4.78, 5) is 16.5. The van der Waals surface area contributed by atoms with Crippen molar-refractivity contribution in [3.8, 4) is 0 Å². The molecule has 1 aliphatic carbocycles. The lowest BCUT2D eigenvalue weighted by Gasteiger charge is -2.38. The molecule has 3 aliphatic rings. The number of carbonyl (C=O) groups is 1. The van der Waals surface area contributed by atoms with E-state index in [1.54, 1.807) is 4.90 Å². The molecule has 14 heteroatoms. The Morgan fingerprint density at radius 3 is 2.42 bits per heavy atom. The van der Waals surface area contributed by atoms with E-state index in [9.17, 15) is 26.7 Å². The maximum Gasteiger partial charge on any atom is 0.416 e. The SMILES string of the molecule is [B]C([B])(C)N1C(=C)N(CC2(F)CC2)c2cc(NC(=O)c3cc(F)cc(C(F)(F)F)c3)c3c(c21)C(=C)NC3c1cc(F)ccc1Cl. The van der Waals surface area contributed by atoms with Crippen molar-refractivity contribution in [1.29, 1.82) is 0 Å². The molecule has 2 aliphatic heterocycles. The lowest BCUT2D eigenvalue weighted by molar-refractivity contribution is -0.137. The number of nitrogens with zero attached hydrogens (tertiary/aromatic N) is 2. The molecule has 2 heterocycles. The molecular formula is C31H23B2ClF6N4O. The first-order chi connectivity index (χ1) is 20.9. The molecule has 1 saturated carbocycles. The van der Waals surface area contributed by atoms with Crippen LogP contribution in [0.25, 0.3) is 5.70 Å². The van der Waals surface area contributed by atoms with Crippen LogP contribution in [0.2, 0.25) is 5.02 Å². The largest absolute Gasteiger partial charge is 0.416 e. The summed E-state index contributed by atoms with van der Waals surface area (Å²) in [7, 11) is 12.8. The summed E-state index contributed by atoms with van der Waals surface area (Å²) >= 11 is 6.48. The summed E-state index contributed by atoms with van der Waals surface area (Å²) < 4.78 is 84.3. The van der Waals surface area contributed by atoms with Crippen LogP contribution in [0.3, 0.4) is 0 Å². The minimum Gasteiger partial charge on any atom is -0.374 e. The summed E-state index contributed by atoms with van der Waals surface area (Å²) in [5, 5.41) is 4.33. The van der Waals surface area contributed by atoms with Gasteiger partial charge in [0.15, 0.2) is 0 Å². The summed E-state index contributed by atoms with van der Waals surface area (Å²) in [6, 6.07) is 5.69. The van der Waals surface area contributed by atoms with Crippen molar-refractivity contribution in [2.24, 2.45) is 0 Å². The van der Waals surface area contributed by atoms with E-state index in [-0.39, 0.29) is 46.0 Å². The quantitative estimate of drug-likeness (QED) is 0.222. The highest BCUT2D eigenvalue weighted by Gasteiger charge is 2.50. The summed E-state index contributed by atoms with van der Waals surface area (Å²) in [5.41, 5.74) is -1.61. The topological polar surface area (TPSA) is 47.6 Å². The van der Waals surface area contributed by atoms with Crippen LogP contribution in [0.5, 0.6) is 0 Å². The van der Waals surface area contributed by atoms with E-state index in [0.717, 1.165) is 6.07 Å². The third-order valence-corrected chi connectivity index (χ3v) is 8.38. The lowest BCUT2D eigenvalue weighted by Crippen LogP contribution is -2.48. The highest BCUT2D eigenvalue weighted by Crippen LogP contribution is 2.57. The molecule has 0 saturated heterocycles. The Balaban J connectivity index is 1.58. The van der Waals surface area contributed by atoms with E-state index in [2.05, 4.69) is 23.8 Å². The molecule has 2 N–H and O–H groups in total. The normalized spacial score (nSPS) is 18.5. The van der Waals surface area contributed by atoms with E-state index in [4.69, 9.17) is 27.3 Å². The number of halogens is 7. The fourth-order valence-electron chi connectivity index (χ4n) is 5.84. The van der Waals surface area contributed by atoms with Crippen LogP contribution >= 0.6 is 11.6 Å². The maximum absolute atomic E-state index is 15.2. The second-order valence-electron chi connectivity index (χ2n) is 11.7. The third-order valence-electron chi connectivity index (χ3n) is 8.03. The minimum atomic E-state index is -4.92. The minimum absolute atomic E-state index is 0.0298. The van der Waals surface area contributed by atoms with Crippen LogP contribution in [0.15, 0.2) is 61.4 Å². The van der Waals surface area contributed by atoms with Gasteiger partial charge in [0.05, 0.1) is 45.2 Å². The number of anilines is 3. The van der Waals surface area contributed by atoms with Gasteiger partial charge < -0.3 is 20.4 Å². The number of nitrogens with one attached hydrogen (secondary N) is 2. The Kier molecular flexibility index (Phi) is 7.08. The number of carbonyl (C=O) groups excluding carboxylic acids is 1. The zero-order valence-electron chi connectivity index (χ0n) is 23.8. The first kappa shape index (κ1) is 31.0. The molecule has 3 aromatic carbocycles. The molecule has 228 valence electrons. The Bertz CT molecular complexity index is 1800. The second-order valence-corrected chi connectivity index (χ2v) is 12.1. The van der Waals surface area contributed by atoms with Gasteiger partial charge in [-0.25, -0.2) is 13.2 Å². The fourth-order valence-corrected chi connectivity index (χ4v) is 6.07. The Morgan fingerprint density at radius 2 is 1.80 bits per heavy atom. The zero-order chi connectivity index (χ0) is 32.8. The van der Waals surface area contributed by atoms with Crippen molar-refractivity contribution >= 4 is 56.0 Å². The first-order valence-electron chi connectivity index (χ1n) is 13.7. The number of fused-ring (bicyclic) bond motifs is 3. The van der Waals surface area contributed by atoms with Crippen LogP contribution in [-0.2, 0) is 6.18 Å². The number of hydrogen-bond donors (Lipinski definition) is 2. The maximum atomic E-state index is 15.2. The van der Waals surface area contributed by atoms with Gasteiger partial charge in [-0.2, -0.15) is 13.2 Å². The Labute approximate surface area is 262 Å². The fraction of sp³-hybridized carbons (Fsp3) is 0.258. The van der Waals surface area contributed by atoms with Gasteiger partial charge in [0.1, 0.15) is 23.1 Å². The molecule has 0 aromatic heterocycles. The van der Waals surface area contributed by atoms with Crippen molar-refractivity contribution in [3.05, 3.63) is 106 Å². The van der Waals surface area contributed by atoms with Crippen LogP contribution in [0, 0.1) is 11.6 Å². The molecule has 3 aromatic rings. The van der Waals surface area contributed by atoms with E-state index in [0.29, 0.717) is 41.9 Å². The smallest absolute Gasteiger partial charge is 0.374 e. The van der Waals surface area contributed by atoms with Gasteiger partial charge in [0.2, 0.25) is 0 Å². The van der Waals surface area contributed by atoms with Crippen LogP contribution in [0.1, 0.15) is 58.4 Å². The molecule has 1 unspecified atom stereocenters. The van der Waals surface area contributed by atoms with Gasteiger partial charge in [-0.15, -0.1) is 0 Å². The van der Waals surface area contributed by atoms with Gasteiger partial charge in [0, 0.05) is 38.7 Å². The van der Waals surface area contributed by atoms with Crippen molar-refractivity contribution in [1.82, 2.24) is 5.32 Å². The summed E-state index contributed by atoms with van der Waals surface area (Å²) in [6.45, 7) is 9.60. The van der Waals surface area contributed by atoms with E-state index in [1.165, 1.54) is 30.0 Å². The summed E-state index contributed by atoms with van der Waals surface area (Å²) in [5.74, 6) is -2.73. The molecule has 0 spiro atoms. The standard InChI is InChI=1S/C31H23B2ClF6N4O/c1-14-24-25(26(41-14)20-11-18(35)4-5-21(20)34)22(42-28(45)16-8-17(31(38,39)40)10-19(36)9-16)12-23-27(24)44(29(3,32)33)15(2)43(23)13-30(37)6-7-30/h4-5,8-12,26,41H,1-2,6-7,13H2,3H3,(H,42,45). The van der Waals surface area contributed by atoms with Crippen molar-refractivity contribution in [2.45, 2.75) is 43.0 Å². The van der Waals surface area contributed by atoms with Crippen LogP contribution < -0.4 is 20.4 Å². The third kappa shape index (κ3) is 5.45. The highest BCUT2D eigenvalue weighted by molar-refractivity contribution is 6.42. The Morgan fingerprint density at radius 1 is 1.11 bits per heavy atom. The number of amides is 1. The molecule has 5 nitrogen and oxygen atoms in total. The van der Waals surface area contributed by atoms with Crippen LogP contribution in [-0.4, -0.2) is 39.2 Å². The monoisotopic (exact) mass is 638 g/mol. The number of benzene rings is 3. The second kappa shape index (κ2) is 10.3. The molecule has 1 fully saturated rings. The van der Waals surface area contributed by atoms with Crippen molar-refractivity contribution in [3.63, 3.8) is 0 Å². The van der Waals surface area contributed by atoms with Crippen molar-refractivity contribution in [2.75, 3.05) is 21.7 Å². The lowest BCUT2D eigenvalue weighted by atomic mass is 9.62. The molecule has 45 heavy (non-hydrogen) atoms. The number of alkyl halides is 4. The molecule has 6 rings (SSSR count). The molecular weight excluding hydrogens is 615 g/mol. The van der Waals surface area contributed by atoms with Gasteiger partial charge in [0.25, 0.3) is 5.91 Å². The molecule has 1 atom stereocenters. The van der Waals surface area contributed by atoms with Gasteiger partial charge >= 0.3 is 6.18 Å². The average molecular weight is 639 g/mol. The summed E-state index contributed by atoms with van der Waals surface area (Å²) in [6.07, 6.45) is -4.31. The van der Waals surface area contributed by atoms with Gasteiger partial charge in [-0.3, -0.25) is 4.79 Å². The average Bonchev–Trinajstić information content (AvgIpc) is 3.46. The van der Waals surface area contributed by atoms with Gasteiger partial charge in [-0.05, 0) is 60.6 Å². The van der Waals surface area contributed by atoms with Crippen LogP contribution in [0.4, 0.5) is 43.4 Å². The molecule has 1 amide bonds. The number of rotatable bonds is 6.